The third kappa shape index (κ3) is 1.31. The average molecular weight is 285 g/mol. The Kier molecular flexibility index (Phi) is 2.11. The van der Waals surface area contributed by atoms with Crippen molar-refractivity contribution in [2.24, 2.45) is 9.63 Å². The number of nitrogens with zero attached hydrogens (tertiary/aromatic N) is 2. The zero-order chi connectivity index (χ0) is 9.54. The first-order valence-electron chi connectivity index (χ1n) is 4.10. The van der Waals surface area contributed by atoms with E-state index in [0.717, 1.165) is 12.1 Å². The summed E-state index contributed by atoms with van der Waals surface area (Å²) in [4.78, 5) is 2.54. The second-order valence-corrected chi connectivity index (χ2v) is 5.74. The summed E-state index contributed by atoms with van der Waals surface area (Å²) >= 11 is 6.73. The molecule has 0 saturated carbocycles. The minimum absolute atomic E-state index is 0.947. The molecule has 0 saturated heterocycles. The summed E-state index contributed by atoms with van der Waals surface area (Å²) in [6, 6.07) is 2.10. The summed E-state index contributed by atoms with van der Waals surface area (Å²) in [5.41, 5.74) is 2.31. The van der Waals surface area contributed by atoms with Gasteiger partial charge in [0.15, 0.2) is 0 Å². The number of hydrogen-bond acceptors (Lipinski definition) is 4. The molecule has 1 aliphatic heterocycles. The van der Waals surface area contributed by atoms with Crippen LogP contribution in [0.3, 0.4) is 0 Å². The molecule has 0 atom stereocenters. The molecule has 5 heteroatoms. The molecular weight excluding hydrogens is 280 g/mol. The third-order valence-electron chi connectivity index (χ3n) is 2.14. The molecular formula is C9H5BrN2S2. The van der Waals surface area contributed by atoms with Gasteiger partial charge in [-0.15, -0.1) is 21.0 Å². The number of hydrogen-bond donors (Lipinski definition) is 0. The highest BCUT2D eigenvalue weighted by atomic mass is 79.9. The van der Waals surface area contributed by atoms with Crippen molar-refractivity contribution in [3.63, 3.8) is 0 Å². The molecule has 1 aromatic heterocycles. The van der Waals surface area contributed by atoms with Gasteiger partial charge in [-0.25, -0.2) is 0 Å². The van der Waals surface area contributed by atoms with Gasteiger partial charge >= 0.3 is 0 Å². The topological polar surface area (TPSA) is 24.7 Å². The number of fused-ring (bicyclic) bond motifs is 2. The van der Waals surface area contributed by atoms with Crippen molar-refractivity contribution in [1.82, 2.24) is 0 Å². The standard InChI is InChI=1S/C9H5BrN2S2/c10-5-3-6-7(4-5)11-12-14-8-1-2-13-9(6)8/h1-2,4H,3H2. The van der Waals surface area contributed by atoms with Crippen molar-refractivity contribution in [3.8, 4) is 0 Å². The van der Waals surface area contributed by atoms with E-state index < -0.39 is 0 Å². The van der Waals surface area contributed by atoms with Crippen LogP contribution in [0, 0.1) is 0 Å². The highest BCUT2D eigenvalue weighted by Gasteiger charge is 2.22. The summed E-state index contributed by atoms with van der Waals surface area (Å²) in [5, 5.41) is 6.30. The average Bonchev–Trinajstić information content (AvgIpc) is 2.70. The summed E-state index contributed by atoms with van der Waals surface area (Å²) in [6.07, 6.45) is 3.00. The second-order valence-electron chi connectivity index (χ2n) is 3.02. The monoisotopic (exact) mass is 284 g/mol. The smallest absolute Gasteiger partial charge is 0.0921 e. The SMILES string of the molecule is BrC1=CC2=C(C1)c1sccc1SN=N2. The van der Waals surface area contributed by atoms with Crippen LogP contribution in [0.25, 0.3) is 5.57 Å². The van der Waals surface area contributed by atoms with Gasteiger partial charge in [0.2, 0.25) is 0 Å². The molecule has 2 heterocycles. The van der Waals surface area contributed by atoms with E-state index in [2.05, 4.69) is 37.0 Å². The van der Waals surface area contributed by atoms with Crippen LogP contribution in [-0.2, 0) is 0 Å². The number of rotatable bonds is 0. The zero-order valence-electron chi connectivity index (χ0n) is 7.03. The first-order valence-corrected chi connectivity index (χ1v) is 6.54. The zero-order valence-corrected chi connectivity index (χ0v) is 10.2. The van der Waals surface area contributed by atoms with Crippen LogP contribution < -0.4 is 0 Å². The van der Waals surface area contributed by atoms with Crippen LogP contribution in [0.4, 0.5) is 0 Å². The maximum atomic E-state index is 4.19. The van der Waals surface area contributed by atoms with Crippen molar-refractivity contribution >= 4 is 44.8 Å². The third-order valence-corrected chi connectivity index (χ3v) is 4.45. The van der Waals surface area contributed by atoms with E-state index in [1.807, 2.05) is 6.08 Å². The molecule has 14 heavy (non-hydrogen) atoms. The molecule has 70 valence electrons. The van der Waals surface area contributed by atoms with E-state index in [4.69, 9.17) is 0 Å². The van der Waals surface area contributed by atoms with Gasteiger partial charge in [0, 0.05) is 33.3 Å². The molecule has 2 nitrogen and oxygen atoms in total. The molecule has 0 amide bonds. The van der Waals surface area contributed by atoms with Crippen molar-refractivity contribution < 1.29 is 0 Å². The Balaban J connectivity index is 2.19. The molecule has 0 radical (unpaired) electrons. The van der Waals surface area contributed by atoms with Crippen molar-refractivity contribution in [1.29, 1.82) is 0 Å². The van der Waals surface area contributed by atoms with Gasteiger partial charge < -0.3 is 0 Å². The van der Waals surface area contributed by atoms with Gasteiger partial charge in [-0.05, 0) is 17.5 Å². The lowest BCUT2D eigenvalue weighted by atomic mass is 10.2. The molecule has 0 fully saturated rings. The Hall–Kier alpha value is -0.390. The van der Waals surface area contributed by atoms with Crippen LogP contribution >= 0.6 is 39.2 Å². The lowest BCUT2D eigenvalue weighted by Crippen LogP contribution is -1.79. The van der Waals surface area contributed by atoms with Crippen LogP contribution in [0.15, 0.2) is 42.2 Å². The van der Waals surface area contributed by atoms with E-state index in [1.165, 1.54) is 31.8 Å². The summed E-state index contributed by atoms with van der Waals surface area (Å²) in [7, 11) is 0. The van der Waals surface area contributed by atoms with Gasteiger partial charge in [0.05, 0.1) is 10.6 Å². The van der Waals surface area contributed by atoms with Crippen LogP contribution in [0.2, 0.25) is 0 Å². The molecule has 1 aromatic rings. The Morgan fingerprint density at radius 1 is 1.43 bits per heavy atom. The number of allylic oxidation sites excluding steroid dienone is 3. The van der Waals surface area contributed by atoms with Gasteiger partial charge in [-0.1, -0.05) is 15.9 Å². The molecule has 3 rings (SSSR count). The first-order chi connectivity index (χ1) is 6.84. The fraction of sp³-hybridized carbons (Fsp3) is 0.111. The van der Waals surface area contributed by atoms with Crippen LogP contribution in [0.5, 0.6) is 0 Å². The normalized spacial score (nSPS) is 19.1. The van der Waals surface area contributed by atoms with Gasteiger partial charge in [0.1, 0.15) is 0 Å². The maximum absolute atomic E-state index is 4.19. The summed E-state index contributed by atoms with van der Waals surface area (Å²) < 4.78 is 5.27. The van der Waals surface area contributed by atoms with Crippen LogP contribution in [0.1, 0.15) is 11.3 Å². The largest absolute Gasteiger partial charge is 0.143 e. The predicted octanol–water partition coefficient (Wildman–Crippen LogP) is 4.61. The van der Waals surface area contributed by atoms with Gasteiger partial charge in [-0.3, -0.25) is 0 Å². The first kappa shape index (κ1) is 8.88. The lowest BCUT2D eigenvalue weighted by molar-refractivity contribution is 1.27. The summed E-state index contributed by atoms with van der Waals surface area (Å²) in [5.74, 6) is 0. The second kappa shape index (κ2) is 3.32. The van der Waals surface area contributed by atoms with Crippen molar-refractivity contribution in [3.05, 3.63) is 32.6 Å². The maximum Gasteiger partial charge on any atom is 0.0921 e. The fourth-order valence-corrected chi connectivity index (χ4v) is 3.76. The molecule has 0 spiro atoms. The highest BCUT2D eigenvalue weighted by molar-refractivity contribution is 9.11. The minimum Gasteiger partial charge on any atom is -0.143 e. The summed E-state index contributed by atoms with van der Waals surface area (Å²) in [6.45, 7) is 0. The van der Waals surface area contributed by atoms with Gasteiger partial charge in [0.25, 0.3) is 0 Å². The van der Waals surface area contributed by atoms with E-state index in [9.17, 15) is 0 Å². The van der Waals surface area contributed by atoms with E-state index in [0.29, 0.717) is 0 Å². The molecule has 0 N–H and O–H groups in total. The molecule has 2 aliphatic rings. The van der Waals surface area contributed by atoms with E-state index in [-0.39, 0.29) is 0 Å². The Bertz CT molecular complexity index is 485. The lowest BCUT2D eigenvalue weighted by Gasteiger charge is -1.99. The Labute approximate surface area is 98.1 Å². The molecule has 0 aromatic carbocycles. The number of thiophene rings is 1. The molecule has 1 aliphatic carbocycles. The number of halogens is 1. The molecule has 0 unspecified atom stereocenters. The fourth-order valence-electron chi connectivity index (χ4n) is 1.53. The van der Waals surface area contributed by atoms with E-state index >= 15 is 0 Å². The molecule has 0 bridgehead atoms. The minimum atomic E-state index is 0.947. The predicted molar refractivity (Wildman–Crippen MR) is 63.6 cm³/mol. The highest BCUT2D eigenvalue weighted by Crippen LogP contribution is 2.45. The Morgan fingerprint density at radius 2 is 2.36 bits per heavy atom. The van der Waals surface area contributed by atoms with E-state index in [1.54, 1.807) is 11.3 Å². The van der Waals surface area contributed by atoms with Gasteiger partial charge in [-0.2, -0.15) is 0 Å². The Morgan fingerprint density at radius 3 is 3.29 bits per heavy atom. The van der Waals surface area contributed by atoms with Crippen molar-refractivity contribution in [2.75, 3.05) is 0 Å². The quantitative estimate of drug-likeness (QED) is 0.638. The van der Waals surface area contributed by atoms with Crippen LogP contribution in [-0.4, -0.2) is 0 Å². The van der Waals surface area contributed by atoms with Crippen molar-refractivity contribution in [2.45, 2.75) is 11.3 Å².